The van der Waals surface area contributed by atoms with Crippen molar-refractivity contribution < 1.29 is 19.1 Å². The van der Waals surface area contributed by atoms with Crippen LogP contribution in [0.1, 0.15) is 28.4 Å². The summed E-state index contributed by atoms with van der Waals surface area (Å²) in [6.07, 6.45) is 0.800. The maximum Gasteiger partial charge on any atom is 0.258 e. The summed E-state index contributed by atoms with van der Waals surface area (Å²) in [5.74, 6) is 1.12. The highest BCUT2D eigenvalue weighted by Gasteiger charge is 2.31. The predicted octanol–water partition coefficient (Wildman–Crippen LogP) is 3.98. The molecule has 6 nitrogen and oxygen atoms in total. The summed E-state index contributed by atoms with van der Waals surface area (Å²) in [6.45, 7) is 2.36. The number of ether oxygens (including phenoxy) is 2. The largest absolute Gasteiger partial charge is 0.497 e. The lowest BCUT2D eigenvalue weighted by atomic mass is 10.1. The summed E-state index contributed by atoms with van der Waals surface area (Å²) in [6, 6.07) is 22.4. The minimum atomic E-state index is -0.200. The maximum atomic E-state index is 13.2. The lowest BCUT2D eigenvalue weighted by molar-refractivity contribution is -0.123. The number of nitrogens with zero attached hydrogens (tertiary/aromatic N) is 1. The number of para-hydroxylation sites is 1. The van der Waals surface area contributed by atoms with Gasteiger partial charge >= 0.3 is 0 Å². The van der Waals surface area contributed by atoms with Gasteiger partial charge in [0.1, 0.15) is 11.5 Å². The molecule has 1 atom stereocenters. The first-order valence-electron chi connectivity index (χ1n) is 10.6. The van der Waals surface area contributed by atoms with Crippen LogP contribution in [0.2, 0.25) is 0 Å². The smallest absolute Gasteiger partial charge is 0.258 e. The molecule has 0 spiro atoms. The monoisotopic (exact) mass is 430 g/mol. The van der Waals surface area contributed by atoms with Gasteiger partial charge in [-0.1, -0.05) is 30.3 Å². The summed E-state index contributed by atoms with van der Waals surface area (Å²) in [5, 5.41) is 2.88. The van der Waals surface area contributed by atoms with Crippen LogP contribution in [0.15, 0.2) is 72.8 Å². The van der Waals surface area contributed by atoms with E-state index in [0.717, 1.165) is 23.2 Å². The lowest BCUT2D eigenvalue weighted by Crippen LogP contribution is -2.35. The molecule has 1 unspecified atom stereocenters. The Kier molecular flexibility index (Phi) is 6.40. The average Bonchev–Trinajstić information content (AvgIpc) is 3.16. The van der Waals surface area contributed by atoms with Crippen molar-refractivity contribution in [3.05, 3.63) is 89.5 Å². The van der Waals surface area contributed by atoms with Gasteiger partial charge in [-0.25, -0.2) is 0 Å². The fourth-order valence-electron chi connectivity index (χ4n) is 3.86. The molecule has 0 aliphatic carbocycles. The van der Waals surface area contributed by atoms with Crippen LogP contribution in [0.5, 0.6) is 11.5 Å². The van der Waals surface area contributed by atoms with E-state index < -0.39 is 0 Å². The Morgan fingerprint density at radius 3 is 2.47 bits per heavy atom. The van der Waals surface area contributed by atoms with Gasteiger partial charge < -0.3 is 19.7 Å². The van der Waals surface area contributed by atoms with Crippen molar-refractivity contribution in [2.45, 2.75) is 25.9 Å². The number of hydrogen-bond donors (Lipinski definition) is 1. The molecule has 2 amide bonds. The first-order valence-corrected chi connectivity index (χ1v) is 10.6. The molecule has 3 aromatic rings. The van der Waals surface area contributed by atoms with Crippen LogP contribution in [-0.2, 0) is 17.8 Å². The van der Waals surface area contributed by atoms with Crippen LogP contribution in [0.3, 0.4) is 0 Å². The van der Waals surface area contributed by atoms with Crippen LogP contribution < -0.4 is 19.7 Å². The van der Waals surface area contributed by atoms with Crippen molar-refractivity contribution >= 4 is 17.5 Å². The standard InChI is InChI=1S/C26H26N2O4/c1-18-14-21-9-8-19(16-27-25(29)17-32-23-6-4-3-5-7-23)15-24(21)28(18)26(30)20-10-12-22(31-2)13-11-20/h3-13,15,18H,14,16-17H2,1-2H3,(H,27,29). The third-order valence-corrected chi connectivity index (χ3v) is 5.52. The predicted molar refractivity (Wildman–Crippen MR) is 123 cm³/mol. The van der Waals surface area contributed by atoms with Crippen LogP contribution >= 0.6 is 0 Å². The first kappa shape index (κ1) is 21.4. The third-order valence-electron chi connectivity index (χ3n) is 5.52. The number of carbonyl (C=O) groups is 2. The zero-order valence-corrected chi connectivity index (χ0v) is 18.2. The number of rotatable bonds is 7. The molecule has 0 saturated carbocycles. The Bertz CT molecular complexity index is 1100. The number of nitrogens with one attached hydrogen (secondary N) is 1. The number of hydrogen-bond acceptors (Lipinski definition) is 4. The van der Waals surface area contributed by atoms with E-state index in [1.54, 1.807) is 31.4 Å². The van der Waals surface area contributed by atoms with Gasteiger partial charge in [-0.05, 0) is 66.9 Å². The second-order valence-corrected chi connectivity index (χ2v) is 7.80. The molecule has 1 N–H and O–H groups in total. The Hall–Kier alpha value is -3.80. The minimum Gasteiger partial charge on any atom is -0.497 e. The molecule has 1 aliphatic rings. The lowest BCUT2D eigenvalue weighted by Gasteiger charge is -2.23. The van der Waals surface area contributed by atoms with E-state index in [-0.39, 0.29) is 24.5 Å². The summed E-state index contributed by atoms with van der Waals surface area (Å²) in [7, 11) is 1.60. The highest BCUT2D eigenvalue weighted by Crippen LogP contribution is 2.34. The highest BCUT2D eigenvalue weighted by atomic mass is 16.5. The van der Waals surface area contributed by atoms with Crippen molar-refractivity contribution in [1.82, 2.24) is 5.32 Å². The van der Waals surface area contributed by atoms with Gasteiger partial charge in [-0.15, -0.1) is 0 Å². The fraction of sp³-hybridized carbons (Fsp3) is 0.231. The number of benzene rings is 3. The normalized spacial score (nSPS) is 14.6. The first-order chi connectivity index (χ1) is 15.5. The number of fused-ring (bicyclic) bond motifs is 1. The second kappa shape index (κ2) is 9.56. The Morgan fingerprint density at radius 2 is 1.75 bits per heavy atom. The van der Waals surface area contributed by atoms with Gasteiger partial charge in [0.15, 0.2) is 6.61 Å². The minimum absolute atomic E-state index is 0.0450. The van der Waals surface area contributed by atoms with E-state index in [4.69, 9.17) is 9.47 Å². The van der Waals surface area contributed by atoms with Gasteiger partial charge in [0.25, 0.3) is 11.8 Å². The van der Waals surface area contributed by atoms with Gasteiger partial charge in [-0.3, -0.25) is 9.59 Å². The maximum absolute atomic E-state index is 13.2. The molecule has 0 fully saturated rings. The molecule has 0 saturated heterocycles. The molecule has 1 aliphatic heterocycles. The van der Waals surface area contributed by atoms with Crippen molar-refractivity contribution in [3.63, 3.8) is 0 Å². The Labute approximate surface area is 187 Å². The second-order valence-electron chi connectivity index (χ2n) is 7.80. The van der Waals surface area contributed by atoms with Crippen molar-refractivity contribution in [2.24, 2.45) is 0 Å². The number of methoxy groups -OCH3 is 1. The van der Waals surface area contributed by atoms with Gasteiger partial charge in [0.05, 0.1) is 7.11 Å². The van der Waals surface area contributed by atoms with Crippen LogP contribution in [0.4, 0.5) is 5.69 Å². The third kappa shape index (κ3) is 4.75. The highest BCUT2D eigenvalue weighted by molar-refractivity contribution is 6.07. The molecule has 1 heterocycles. The molecule has 164 valence electrons. The molecule has 4 rings (SSSR count). The Morgan fingerprint density at radius 1 is 1.00 bits per heavy atom. The SMILES string of the molecule is COc1ccc(C(=O)N2c3cc(CNC(=O)COc4ccccc4)ccc3CC2C)cc1. The zero-order valence-electron chi connectivity index (χ0n) is 18.2. The average molecular weight is 431 g/mol. The van der Waals surface area contributed by atoms with Crippen LogP contribution in [0.25, 0.3) is 0 Å². The Balaban J connectivity index is 1.42. The topological polar surface area (TPSA) is 67.9 Å². The van der Waals surface area contributed by atoms with E-state index in [9.17, 15) is 9.59 Å². The number of amides is 2. The van der Waals surface area contributed by atoms with E-state index in [0.29, 0.717) is 23.6 Å². The van der Waals surface area contributed by atoms with Crippen molar-refractivity contribution in [1.29, 1.82) is 0 Å². The fourth-order valence-corrected chi connectivity index (χ4v) is 3.86. The van der Waals surface area contributed by atoms with Gasteiger partial charge in [0, 0.05) is 23.8 Å². The molecule has 3 aromatic carbocycles. The van der Waals surface area contributed by atoms with Crippen LogP contribution in [-0.4, -0.2) is 31.6 Å². The number of anilines is 1. The molecule has 0 aromatic heterocycles. The van der Waals surface area contributed by atoms with E-state index in [1.807, 2.05) is 60.4 Å². The van der Waals surface area contributed by atoms with E-state index in [1.165, 1.54) is 0 Å². The van der Waals surface area contributed by atoms with E-state index >= 15 is 0 Å². The zero-order chi connectivity index (χ0) is 22.5. The quantitative estimate of drug-likeness (QED) is 0.616. The van der Waals surface area contributed by atoms with E-state index in [2.05, 4.69) is 5.32 Å². The molecular formula is C26H26N2O4. The molecular weight excluding hydrogens is 404 g/mol. The number of carbonyl (C=O) groups excluding carboxylic acids is 2. The summed E-state index contributed by atoms with van der Waals surface area (Å²) in [4.78, 5) is 27.2. The summed E-state index contributed by atoms with van der Waals surface area (Å²) in [5.41, 5.74) is 3.56. The molecule has 0 radical (unpaired) electrons. The summed E-state index contributed by atoms with van der Waals surface area (Å²) >= 11 is 0. The summed E-state index contributed by atoms with van der Waals surface area (Å²) < 4.78 is 10.7. The molecule has 0 bridgehead atoms. The van der Waals surface area contributed by atoms with Gasteiger partial charge in [-0.2, -0.15) is 0 Å². The van der Waals surface area contributed by atoms with Crippen molar-refractivity contribution in [3.8, 4) is 11.5 Å². The molecule has 32 heavy (non-hydrogen) atoms. The molecule has 6 heteroatoms. The van der Waals surface area contributed by atoms with Crippen LogP contribution in [0, 0.1) is 0 Å². The van der Waals surface area contributed by atoms with Gasteiger partial charge in [0.2, 0.25) is 0 Å². The van der Waals surface area contributed by atoms with Crippen molar-refractivity contribution in [2.75, 3.05) is 18.6 Å².